The molecule has 6 heteroatoms. The number of hydrogen-bond acceptors (Lipinski definition) is 3. The van der Waals surface area contributed by atoms with Crippen LogP contribution in [0.5, 0.6) is 0 Å². The number of hydrogen-bond donors (Lipinski definition) is 1. The van der Waals surface area contributed by atoms with Gasteiger partial charge in [-0.15, -0.1) is 0 Å². The number of piperidine rings is 1. The summed E-state index contributed by atoms with van der Waals surface area (Å²) in [6, 6.07) is 15.5. The second kappa shape index (κ2) is 9.04. The van der Waals surface area contributed by atoms with Crippen LogP contribution in [0.2, 0.25) is 0 Å². The highest BCUT2D eigenvalue weighted by Crippen LogP contribution is 2.34. The van der Waals surface area contributed by atoms with Gasteiger partial charge in [0.05, 0.1) is 11.4 Å². The van der Waals surface area contributed by atoms with Gasteiger partial charge < -0.3 is 15.1 Å². The predicted molar refractivity (Wildman–Crippen MR) is 120 cm³/mol. The number of nitrogens with zero attached hydrogens (tertiary/aromatic N) is 3. The number of carbonyl (C=O) groups is 1. The highest BCUT2D eigenvalue weighted by atomic mass is 19.1. The fraction of sp³-hybridized carbons (Fsp3) is 0.458. The Morgan fingerprint density at radius 3 is 2.33 bits per heavy atom. The van der Waals surface area contributed by atoms with Crippen molar-refractivity contribution in [2.45, 2.75) is 45.3 Å². The summed E-state index contributed by atoms with van der Waals surface area (Å²) < 4.78 is 13.2. The summed E-state index contributed by atoms with van der Waals surface area (Å²) in [5, 5.41) is 3.26. The number of anilines is 2. The van der Waals surface area contributed by atoms with Crippen molar-refractivity contribution in [1.82, 2.24) is 10.2 Å². The van der Waals surface area contributed by atoms with Gasteiger partial charge in [-0.2, -0.15) is 0 Å². The Hall–Kier alpha value is -2.60. The van der Waals surface area contributed by atoms with Crippen molar-refractivity contribution in [2.75, 3.05) is 36.0 Å². The molecule has 2 aromatic carbocycles. The smallest absolute Gasteiger partial charge is 0.322 e. The molecule has 2 aliphatic rings. The van der Waals surface area contributed by atoms with Crippen LogP contribution < -0.4 is 15.1 Å². The number of fused-ring (bicyclic) bond motifs is 1. The number of para-hydroxylation sites is 2. The van der Waals surface area contributed by atoms with E-state index in [2.05, 4.69) is 35.0 Å². The van der Waals surface area contributed by atoms with E-state index in [1.165, 1.54) is 12.1 Å². The highest BCUT2D eigenvalue weighted by molar-refractivity contribution is 5.97. The van der Waals surface area contributed by atoms with Crippen molar-refractivity contribution in [3.63, 3.8) is 0 Å². The van der Waals surface area contributed by atoms with E-state index >= 15 is 0 Å². The monoisotopic (exact) mass is 410 g/mol. The van der Waals surface area contributed by atoms with E-state index in [1.807, 2.05) is 35.2 Å². The number of benzene rings is 2. The van der Waals surface area contributed by atoms with Crippen molar-refractivity contribution in [1.29, 1.82) is 0 Å². The van der Waals surface area contributed by atoms with Gasteiger partial charge in [-0.3, -0.25) is 4.90 Å². The minimum absolute atomic E-state index is 0.00752. The predicted octanol–water partition coefficient (Wildman–Crippen LogP) is 4.23. The van der Waals surface area contributed by atoms with E-state index in [0.717, 1.165) is 49.4 Å². The molecule has 0 atom stereocenters. The molecule has 2 aromatic rings. The molecular weight excluding hydrogens is 379 g/mol. The van der Waals surface area contributed by atoms with Crippen LogP contribution in [0.1, 0.15) is 32.3 Å². The first kappa shape index (κ1) is 20.7. The summed E-state index contributed by atoms with van der Waals surface area (Å²) in [6.07, 6.45) is 1.99. The lowest BCUT2D eigenvalue weighted by Gasteiger charge is -2.39. The van der Waals surface area contributed by atoms with E-state index in [4.69, 9.17) is 0 Å². The summed E-state index contributed by atoms with van der Waals surface area (Å²) in [7, 11) is 0. The first-order valence-corrected chi connectivity index (χ1v) is 10.9. The zero-order chi connectivity index (χ0) is 21.1. The Morgan fingerprint density at radius 1 is 1.00 bits per heavy atom. The van der Waals surface area contributed by atoms with Crippen molar-refractivity contribution in [3.8, 4) is 0 Å². The molecule has 1 N–H and O–H groups in total. The maximum absolute atomic E-state index is 13.2. The number of amides is 2. The SMILES string of the molecule is CC(C)N1CCC(NC(=O)N2CCN(Cc3ccc(F)cc3)c3ccccc32)CC1. The van der Waals surface area contributed by atoms with Gasteiger partial charge >= 0.3 is 6.03 Å². The fourth-order valence-electron chi connectivity index (χ4n) is 4.42. The molecule has 4 rings (SSSR count). The van der Waals surface area contributed by atoms with Crippen LogP contribution in [-0.4, -0.2) is 49.2 Å². The molecule has 1 saturated heterocycles. The minimum atomic E-state index is -0.222. The van der Waals surface area contributed by atoms with Gasteiger partial charge in [0.2, 0.25) is 0 Å². The van der Waals surface area contributed by atoms with Crippen LogP contribution in [0.15, 0.2) is 48.5 Å². The number of halogens is 1. The van der Waals surface area contributed by atoms with Crippen molar-refractivity contribution in [2.24, 2.45) is 0 Å². The second-order valence-electron chi connectivity index (χ2n) is 8.54. The maximum atomic E-state index is 13.2. The summed E-state index contributed by atoms with van der Waals surface area (Å²) >= 11 is 0. The van der Waals surface area contributed by atoms with Crippen LogP contribution in [0.3, 0.4) is 0 Å². The van der Waals surface area contributed by atoms with Gasteiger partial charge in [0.15, 0.2) is 0 Å². The van der Waals surface area contributed by atoms with E-state index in [1.54, 1.807) is 0 Å². The zero-order valence-corrected chi connectivity index (χ0v) is 17.9. The molecule has 0 unspecified atom stereocenters. The first-order chi connectivity index (χ1) is 14.5. The van der Waals surface area contributed by atoms with Crippen LogP contribution in [0.4, 0.5) is 20.6 Å². The maximum Gasteiger partial charge on any atom is 0.322 e. The second-order valence-corrected chi connectivity index (χ2v) is 8.54. The average Bonchev–Trinajstić information content (AvgIpc) is 2.76. The van der Waals surface area contributed by atoms with Crippen molar-refractivity contribution >= 4 is 17.4 Å². The van der Waals surface area contributed by atoms with Crippen LogP contribution in [-0.2, 0) is 6.54 Å². The van der Waals surface area contributed by atoms with Crippen molar-refractivity contribution < 1.29 is 9.18 Å². The normalized spacial score (nSPS) is 17.9. The summed E-state index contributed by atoms with van der Waals surface area (Å²) in [4.78, 5) is 19.7. The third-order valence-corrected chi connectivity index (χ3v) is 6.23. The molecular formula is C24H31FN4O. The topological polar surface area (TPSA) is 38.8 Å². The van der Waals surface area contributed by atoms with Gasteiger partial charge in [-0.05, 0) is 56.5 Å². The quantitative estimate of drug-likeness (QED) is 0.820. The zero-order valence-electron chi connectivity index (χ0n) is 17.9. The molecule has 0 saturated carbocycles. The van der Waals surface area contributed by atoms with Crippen molar-refractivity contribution in [3.05, 3.63) is 59.9 Å². The lowest BCUT2D eigenvalue weighted by molar-refractivity contribution is 0.162. The molecule has 5 nitrogen and oxygen atoms in total. The Balaban J connectivity index is 1.43. The van der Waals surface area contributed by atoms with Crippen LogP contribution >= 0.6 is 0 Å². The molecule has 0 aromatic heterocycles. The largest absolute Gasteiger partial charge is 0.364 e. The molecule has 0 radical (unpaired) electrons. The minimum Gasteiger partial charge on any atom is -0.364 e. The lowest BCUT2D eigenvalue weighted by Crippen LogP contribution is -2.53. The van der Waals surface area contributed by atoms with E-state index in [9.17, 15) is 9.18 Å². The summed E-state index contributed by atoms with van der Waals surface area (Å²) in [6.45, 7) is 8.58. The number of rotatable bonds is 4. The first-order valence-electron chi connectivity index (χ1n) is 10.9. The standard InChI is InChI=1S/C24H31FN4O/c1-18(2)27-13-11-21(12-14-27)26-24(30)29-16-15-28(22-5-3-4-6-23(22)29)17-19-7-9-20(25)10-8-19/h3-10,18,21H,11-17H2,1-2H3,(H,26,30). The number of likely N-dealkylation sites (tertiary alicyclic amines) is 1. The Morgan fingerprint density at radius 2 is 1.67 bits per heavy atom. The van der Waals surface area contributed by atoms with Gasteiger partial charge in [-0.25, -0.2) is 9.18 Å². The summed E-state index contributed by atoms with van der Waals surface area (Å²) in [5.41, 5.74) is 3.03. The average molecular weight is 411 g/mol. The van der Waals surface area contributed by atoms with E-state index in [-0.39, 0.29) is 17.9 Å². The number of urea groups is 1. The van der Waals surface area contributed by atoms with E-state index in [0.29, 0.717) is 19.1 Å². The van der Waals surface area contributed by atoms with Crippen LogP contribution in [0, 0.1) is 5.82 Å². The summed E-state index contributed by atoms with van der Waals surface area (Å²) in [5.74, 6) is -0.222. The van der Waals surface area contributed by atoms with Gasteiger partial charge in [-0.1, -0.05) is 24.3 Å². The highest BCUT2D eigenvalue weighted by Gasteiger charge is 2.29. The molecule has 0 aliphatic carbocycles. The molecule has 30 heavy (non-hydrogen) atoms. The Kier molecular flexibility index (Phi) is 6.23. The third kappa shape index (κ3) is 4.59. The number of carbonyl (C=O) groups excluding carboxylic acids is 1. The molecule has 2 aliphatic heterocycles. The van der Waals surface area contributed by atoms with E-state index < -0.39 is 0 Å². The lowest BCUT2D eigenvalue weighted by atomic mass is 10.0. The van der Waals surface area contributed by atoms with Gasteiger partial charge in [0, 0.05) is 44.8 Å². The molecule has 1 fully saturated rings. The number of nitrogens with one attached hydrogen (secondary N) is 1. The molecule has 160 valence electrons. The molecule has 0 spiro atoms. The molecule has 2 heterocycles. The van der Waals surface area contributed by atoms with Gasteiger partial charge in [0.1, 0.15) is 5.82 Å². The van der Waals surface area contributed by atoms with Crippen LogP contribution in [0.25, 0.3) is 0 Å². The Labute approximate surface area is 178 Å². The molecule has 2 amide bonds. The fourth-order valence-corrected chi connectivity index (χ4v) is 4.42. The third-order valence-electron chi connectivity index (χ3n) is 6.23. The van der Waals surface area contributed by atoms with Gasteiger partial charge in [0.25, 0.3) is 0 Å². The Bertz CT molecular complexity index is 862. The molecule has 0 bridgehead atoms.